The first kappa shape index (κ1) is 12.9. The topological polar surface area (TPSA) is 63.8 Å². The van der Waals surface area contributed by atoms with E-state index in [9.17, 15) is 0 Å². The van der Waals surface area contributed by atoms with Crippen LogP contribution in [0.15, 0.2) is 6.33 Å². The molecule has 104 valence electrons. The van der Waals surface area contributed by atoms with Crippen LogP contribution in [-0.4, -0.2) is 22.1 Å². The lowest BCUT2D eigenvalue weighted by atomic mass is 9.91. The number of aryl methyl sites for hydroxylation is 1. The Morgan fingerprint density at radius 3 is 2.63 bits per heavy atom. The summed E-state index contributed by atoms with van der Waals surface area (Å²) in [6.45, 7) is 0. The SMILES string of the molecule is NC1CCC(Nc2ncnc3c2CCCCC3)CC1. The van der Waals surface area contributed by atoms with Gasteiger partial charge in [-0.1, -0.05) is 6.42 Å². The third-order valence-corrected chi connectivity index (χ3v) is 4.49. The Bertz CT molecular complexity index is 424. The Kier molecular flexibility index (Phi) is 3.97. The molecule has 0 spiro atoms. The zero-order valence-corrected chi connectivity index (χ0v) is 11.6. The molecule has 1 saturated carbocycles. The van der Waals surface area contributed by atoms with Crippen LogP contribution in [0.4, 0.5) is 5.82 Å². The second-order valence-corrected chi connectivity index (χ2v) is 5.96. The first-order valence-corrected chi connectivity index (χ1v) is 7.68. The molecule has 0 aliphatic heterocycles. The summed E-state index contributed by atoms with van der Waals surface area (Å²) in [6, 6.07) is 0.947. The highest BCUT2D eigenvalue weighted by atomic mass is 15.0. The standard InChI is InChI=1S/C15H24N4/c16-11-6-8-12(9-7-11)19-15-13-4-2-1-3-5-14(13)17-10-18-15/h10-12H,1-9,16H2,(H,17,18,19). The van der Waals surface area contributed by atoms with Crippen LogP contribution in [-0.2, 0) is 12.8 Å². The van der Waals surface area contributed by atoms with E-state index in [2.05, 4.69) is 15.3 Å². The van der Waals surface area contributed by atoms with Gasteiger partial charge in [0.15, 0.2) is 0 Å². The summed E-state index contributed by atoms with van der Waals surface area (Å²) in [4.78, 5) is 8.97. The van der Waals surface area contributed by atoms with E-state index in [-0.39, 0.29) is 0 Å². The van der Waals surface area contributed by atoms with Gasteiger partial charge in [0.05, 0.1) is 0 Å². The smallest absolute Gasteiger partial charge is 0.133 e. The third-order valence-electron chi connectivity index (χ3n) is 4.49. The van der Waals surface area contributed by atoms with Crippen molar-refractivity contribution in [3.05, 3.63) is 17.6 Å². The molecule has 2 aliphatic carbocycles. The minimum Gasteiger partial charge on any atom is -0.367 e. The number of hydrogen-bond donors (Lipinski definition) is 2. The maximum atomic E-state index is 5.97. The lowest BCUT2D eigenvalue weighted by molar-refractivity contribution is 0.410. The van der Waals surface area contributed by atoms with Crippen LogP contribution in [0, 0.1) is 0 Å². The van der Waals surface area contributed by atoms with Crippen LogP contribution in [0.1, 0.15) is 56.2 Å². The normalized spacial score (nSPS) is 27.4. The minimum absolute atomic E-state index is 0.403. The van der Waals surface area contributed by atoms with Crippen molar-refractivity contribution in [2.75, 3.05) is 5.32 Å². The third kappa shape index (κ3) is 3.06. The van der Waals surface area contributed by atoms with Crippen molar-refractivity contribution in [3.8, 4) is 0 Å². The van der Waals surface area contributed by atoms with E-state index in [0.29, 0.717) is 12.1 Å². The molecule has 0 aromatic carbocycles. The monoisotopic (exact) mass is 260 g/mol. The zero-order valence-electron chi connectivity index (χ0n) is 11.6. The predicted molar refractivity (Wildman–Crippen MR) is 77.1 cm³/mol. The van der Waals surface area contributed by atoms with Crippen molar-refractivity contribution >= 4 is 5.82 Å². The van der Waals surface area contributed by atoms with Gasteiger partial charge < -0.3 is 11.1 Å². The summed E-state index contributed by atoms with van der Waals surface area (Å²) < 4.78 is 0. The van der Waals surface area contributed by atoms with Crippen molar-refractivity contribution in [2.24, 2.45) is 5.73 Å². The zero-order chi connectivity index (χ0) is 13.1. The highest BCUT2D eigenvalue weighted by Crippen LogP contribution is 2.26. The number of rotatable bonds is 2. The lowest BCUT2D eigenvalue weighted by Crippen LogP contribution is -2.33. The lowest BCUT2D eigenvalue weighted by Gasteiger charge is -2.28. The van der Waals surface area contributed by atoms with Gasteiger partial charge in [-0.15, -0.1) is 0 Å². The van der Waals surface area contributed by atoms with Crippen LogP contribution < -0.4 is 11.1 Å². The summed E-state index contributed by atoms with van der Waals surface area (Å²) >= 11 is 0. The molecule has 4 heteroatoms. The van der Waals surface area contributed by atoms with Gasteiger partial charge in [0.1, 0.15) is 12.1 Å². The molecule has 1 fully saturated rings. The van der Waals surface area contributed by atoms with Crippen molar-refractivity contribution in [3.63, 3.8) is 0 Å². The van der Waals surface area contributed by atoms with Crippen LogP contribution in [0.5, 0.6) is 0 Å². The molecule has 0 amide bonds. The van der Waals surface area contributed by atoms with E-state index < -0.39 is 0 Å². The van der Waals surface area contributed by atoms with E-state index in [1.165, 1.54) is 43.4 Å². The maximum Gasteiger partial charge on any atom is 0.133 e. The van der Waals surface area contributed by atoms with E-state index >= 15 is 0 Å². The Morgan fingerprint density at radius 1 is 1.00 bits per heavy atom. The van der Waals surface area contributed by atoms with Crippen LogP contribution >= 0.6 is 0 Å². The molecular weight excluding hydrogens is 236 g/mol. The molecule has 3 rings (SSSR count). The van der Waals surface area contributed by atoms with Gasteiger partial charge in [-0.25, -0.2) is 9.97 Å². The molecule has 0 radical (unpaired) electrons. The fourth-order valence-electron chi connectivity index (χ4n) is 3.28. The van der Waals surface area contributed by atoms with Gasteiger partial charge >= 0.3 is 0 Å². The highest BCUT2D eigenvalue weighted by molar-refractivity contribution is 5.47. The number of fused-ring (bicyclic) bond motifs is 1. The molecular formula is C15H24N4. The Hall–Kier alpha value is -1.16. The van der Waals surface area contributed by atoms with E-state index in [0.717, 1.165) is 31.5 Å². The maximum absolute atomic E-state index is 5.97. The summed E-state index contributed by atoms with van der Waals surface area (Å²) in [5.41, 5.74) is 8.60. The Balaban J connectivity index is 1.74. The molecule has 1 aromatic rings. The Morgan fingerprint density at radius 2 is 1.79 bits per heavy atom. The van der Waals surface area contributed by atoms with Crippen LogP contribution in [0.25, 0.3) is 0 Å². The van der Waals surface area contributed by atoms with Gasteiger partial charge in [0, 0.05) is 23.3 Å². The Labute approximate surface area is 115 Å². The molecule has 19 heavy (non-hydrogen) atoms. The largest absolute Gasteiger partial charge is 0.367 e. The number of nitrogens with zero attached hydrogens (tertiary/aromatic N) is 2. The molecule has 0 bridgehead atoms. The van der Waals surface area contributed by atoms with Crippen molar-refractivity contribution in [1.82, 2.24) is 9.97 Å². The van der Waals surface area contributed by atoms with Gasteiger partial charge in [-0.05, 0) is 51.4 Å². The first-order valence-electron chi connectivity index (χ1n) is 7.68. The van der Waals surface area contributed by atoms with Crippen LogP contribution in [0.2, 0.25) is 0 Å². The molecule has 1 heterocycles. The van der Waals surface area contributed by atoms with E-state index in [1.807, 2.05) is 0 Å². The molecule has 2 aliphatic rings. The predicted octanol–water partition coefficient (Wildman–Crippen LogP) is 2.43. The van der Waals surface area contributed by atoms with Gasteiger partial charge in [-0.2, -0.15) is 0 Å². The molecule has 0 saturated heterocycles. The number of nitrogens with two attached hydrogens (primary N) is 1. The number of nitrogens with one attached hydrogen (secondary N) is 1. The molecule has 0 atom stereocenters. The van der Waals surface area contributed by atoms with Gasteiger partial charge in [-0.3, -0.25) is 0 Å². The second kappa shape index (κ2) is 5.87. The summed E-state index contributed by atoms with van der Waals surface area (Å²) in [6.07, 6.45) is 12.4. The average molecular weight is 260 g/mol. The van der Waals surface area contributed by atoms with E-state index in [4.69, 9.17) is 5.73 Å². The van der Waals surface area contributed by atoms with Crippen molar-refractivity contribution in [1.29, 1.82) is 0 Å². The van der Waals surface area contributed by atoms with Gasteiger partial charge in [0.25, 0.3) is 0 Å². The van der Waals surface area contributed by atoms with Crippen LogP contribution in [0.3, 0.4) is 0 Å². The molecule has 1 aromatic heterocycles. The quantitative estimate of drug-likeness (QED) is 0.802. The molecule has 4 nitrogen and oxygen atoms in total. The fourth-order valence-corrected chi connectivity index (χ4v) is 3.28. The highest BCUT2D eigenvalue weighted by Gasteiger charge is 2.21. The van der Waals surface area contributed by atoms with Crippen molar-refractivity contribution < 1.29 is 0 Å². The summed E-state index contributed by atoms with van der Waals surface area (Å²) in [5.74, 6) is 1.09. The first-order chi connectivity index (χ1) is 9.33. The number of hydrogen-bond acceptors (Lipinski definition) is 4. The second-order valence-electron chi connectivity index (χ2n) is 5.96. The van der Waals surface area contributed by atoms with E-state index in [1.54, 1.807) is 6.33 Å². The summed E-state index contributed by atoms with van der Waals surface area (Å²) in [5, 5.41) is 3.65. The number of anilines is 1. The summed E-state index contributed by atoms with van der Waals surface area (Å²) in [7, 11) is 0. The average Bonchev–Trinajstić information content (AvgIpc) is 2.67. The fraction of sp³-hybridized carbons (Fsp3) is 0.733. The van der Waals surface area contributed by atoms with Gasteiger partial charge in [0.2, 0.25) is 0 Å². The molecule has 3 N–H and O–H groups in total. The molecule has 0 unspecified atom stereocenters. The number of aromatic nitrogens is 2. The van der Waals surface area contributed by atoms with Crippen molar-refractivity contribution in [2.45, 2.75) is 69.9 Å². The minimum atomic E-state index is 0.403.